The molecule has 2 aliphatic heterocycles. The molecule has 0 aromatic rings. The molecule has 0 spiro atoms. The van der Waals surface area contributed by atoms with E-state index in [0.717, 1.165) is 16.8 Å². The van der Waals surface area contributed by atoms with Gasteiger partial charge in [-0.05, 0) is 0 Å². The van der Waals surface area contributed by atoms with Crippen LogP contribution >= 0.6 is 0 Å². The van der Waals surface area contributed by atoms with E-state index in [1.54, 1.807) is 0 Å². The average molecular weight is 201 g/mol. The monoisotopic (exact) mass is 201 g/mol. The van der Waals surface area contributed by atoms with Gasteiger partial charge in [-0.15, -0.1) is 0 Å². The number of hydrogen-bond donors (Lipinski definition) is 0. The third kappa shape index (κ3) is 1.04. The summed E-state index contributed by atoms with van der Waals surface area (Å²) in [5.41, 5.74) is 0. The van der Waals surface area contributed by atoms with Crippen LogP contribution in [0.5, 0.6) is 0 Å². The molecular formula is C8H16AsN. The minimum atomic E-state index is 0.954. The van der Waals surface area contributed by atoms with E-state index in [0.29, 0.717) is 0 Å². The molecule has 3 unspecified atom stereocenters. The molecule has 2 saturated heterocycles. The van der Waals surface area contributed by atoms with Gasteiger partial charge in [-0.2, -0.15) is 0 Å². The Hall–Kier alpha value is 0.518. The second-order valence-electron chi connectivity index (χ2n) is 3.78. The minimum absolute atomic E-state index is 0.954. The molecule has 0 radical (unpaired) electrons. The van der Waals surface area contributed by atoms with Crippen LogP contribution < -0.4 is 0 Å². The number of rotatable bonds is 0. The summed E-state index contributed by atoms with van der Waals surface area (Å²) in [6.45, 7) is 0. The van der Waals surface area contributed by atoms with Crippen LogP contribution in [0, 0.1) is 0 Å². The van der Waals surface area contributed by atoms with Gasteiger partial charge < -0.3 is 0 Å². The van der Waals surface area contributed by atoms with Crippen molar-refractivity contribution in [2.75, 3.05) is 7.05 Å². The van der Waals surface area contributed by atoms with Gasteiger partial charge in [0.05, 0.1) is 0 Å². The van der Waals surface area contributed by atoms with Crippen molar-refractivity contribution in [3.8, 4) is 0 Å². The summed E-state index contributed by atoms with van der Waals surface area (Å²) < 4.78 is 1.06. The summed E-state index contributed by atoms with van der Waals surface area (Å²) in [6.07, 6.45) is 5.91. The Kier molecular flexibility index (Phi) is 1.82. The first-order chi connectivity index (χ1) is 4.77. The molecule has 3 atom stereocenters. The van der Waals surface area contributed by atoms with E-state index < -0.39 is 0 Å². The second-order valence-corrected chi connectivity index (χ2v) is 5.76. The molecule has 2 rings (SSSR count). The van der Waals surface area contributed by atoms with Gasteiger partial charge in [0.2, 0.25) is 0 Å². The van der Waals surface area contributed by atoms with E-state index in [2.05, 4.69) is 11.9 Å². The van der Waals surface area contributed by atoms with Crippen molar-refractivity contribution in [2.24, 2.45) is 0 Å². The maximum absolute atomic E-state index is 2.61. The zero-order valence-corrected chi connectivity index (χ0v) is 9.01. The SMILES string of the molecule is CN1C2CCC1CC([AsH2])C2. The van der Waals surface area contributed by atoms with Gasteiger partial charge in [-0.3, -0.25) is 0 Å². The topological polar surface area (TPSA) is 3.24 Å². The van der Waals surface area contributed by atoms with Gasteiger partial charge in [-0.1, -0.05) is 0 Å². The molecule has 2 fully saturated rings. The van der Waals surface area contributed by atoms with E-state index in [-0.39, 0.29) is 0 Å². The van der Waals surface area contributed by atoms with Crippen molar-refractivity contribution >= 4 is 16.9 Å². The van der Waals surface area contributed by atoms with Gasteiger partial charge in [0, 0.05) is 0 Å². The van der Waals surface area contributed by atoms with Crippen molar-refractivity contribution in [1.82, 2.24) is 4.90 Å². The standard InChI is InChI=1S/C8H16AsN/c1-10-7-2-3-8(10)5-6(9)4-7/h6-8H,2-5,9H2,1H3. The zero-order valence-electron chi connectivity index (χ0n) is 6.59. The van der Waals surface area contributed by atoms with E-state index >= 15 is 0 Å². The van der Waals surface area contributed by atoms with Crippen LogP contribution in [0.4, 0.5) is 0 Å². The van der Waals surface area contributed by atoms with Crippen LogP contribution in [-0.2, 0) is 0 Å². The Bertz CT molecular complexity index is 123. The Labute approximate surface area is 71.7 Å². The first-order valence-electron chi connectivity index (χ1n) is 4.25. The summed E-state index contributed by atoms with van der Waals surface area (Å²) >= 11 is 1.96. The van der Waals surface area contributed by atoms with Crippen molar-refractivity contribution in [3.63, 3.8) is 0 Å². The predicted octanol–water partition coefficient (Wildman–Crippen LogP) is 0.665. The van der Waals surface area contributed by atoms with Crippen LogP contribution in [0.25, 0.3) is 0 Å². The van der Waals surface area contributed by atoms with Crippen LogP contribution in [-0.4, -0.2) is 40.9 Å². The quantitative estimate of drug-likeness (QED) is 0.520. The molecule has 0 aromatic heterocycles. The molecule has 2 bridgehead atoms. The van der Waals surface area contributed by atoms with Gasteiger partial charge in [0.25, 0.3) is 0 Å². The summed E-state index contributed by atoms with van der Waals surface area (Å²) in [7, 11) is 2.31. The molecule has 2 heterocycles. The van der Waals surface area contributed by atoms with E-state index in [1.165, 1.54) is 25.7 Å². The van der Waals surface area contributed by atoms with Crippen molar-refractivity contribution in [3.05, 3.63) is 0 Å². The predicted molar refractivity (Wildman–Crippen MR) is 46.1 cm³/mol. The number of fused-ring (bicyclic) bond motifs is 2. The van der Waals surface area contributed by atoms with Crippen molar-refractivity contribution in [1.29, 1.82) is 0 Å². The van der Waals surface area contributed by atoms with Gasteiger partial charge in [0.1, 0.15) is 0 Å². The first kappa shape index (κ1) is 7.18. The van der Waals surface area contributed by atoms with Gasteiger partial charge in [0.15, 0.2) is 0 Å². The number of piperidine rings is 1. The molecule has 0 aliphatic carbocycles. The molecule has 0 amide bonds. The molecule has 0 saturated carbocycles. The summed E-state index contributed by atoms with van der Waals surface area (Å²) in [6, 6.07) is 1.91. The summed E-state index contributed by atoms with van der Waals surface area (Å²) in [5, 5.41) is 0. The van der Waals surface area contributed by atoms with E-state index in [9.17, 15) is 0 Å². The van der Waals surface area contributed by atoms with E-state index in [4.69, 9.17) is 0 Å². The summed E-state index contributed by atoms with van der Waals surface area (Å²) in [4.78, 5) is 2.61. The maximum atomic E-state index is 2.61. The third-order valence-electron chi connectivity index (χ3n) is 3.13. The van der Waals surface area contributed by atoms with E-state index in [1.807, 2.05) is 16.9 Å². The molecule has 0 aromatic carbocycles. The fourth-order valence-corrected chi connectivity index (χ4v) is 3.77. The molecular weight excluding hydrogens is 185 g/mol. The average Bonchev–Trinajstić information content (AvgIpc) is 2.20. The van der Waals surface area contributed by atoms with Crippen LogP contribution in [0.15, 0.2) is 0 Å². The van der Waals surface area contributed by atoms with Crippen LogP contribution in [0.1, 0.15) is 25.7 Å². The van der Waals surface area contributed by atoms with Crippen LogP contribution in [0.3, 0.4) is 0 Å². The zero-order chi connectivity index (χ0) is 7.14. The third-order valence-corrected chi connectivity index (χ3v) is 4.28. The van der Waals surface area contributed by atoms with Crippen molar-refractivity contribution in [2.45, 2.75) is 42.5 Å². The number of hydrogen-bond acceptors (Lipinski definition) is 1. The van der Waals surface area contributed by atoms with Crippen molar-refractivity contribution < 1.29 is 0 Å². The van der Waals surface area contributed by atoms with Gasteiger partial charge in [-0.25, -0.2) is 0 Å². The normalized spacial score (nSPS) is 48.0. The Morgan fingerprint density at radius 3 is 2.20 bits per heavy atom. The Balaban J connectivity index is 2.09. The molecule has 58 valence electrons. The Morgan fingerprint density at radius 1 is 1.20 bits per heavy atom. The fraction of sp³-hybridized carbons (Fsp3) is 1.00. The second kappa shape index (κ2) is 2.53. The molecule has 0 N–H and O–H groups in total. The summed E-state index contributed by atoms with van der Waals surface area (Å²) in [5.74, 6) is 0. The van der Waals surface area contributed by atoms with Gasteiger partial charge >= 0.3 is 71.3 Å². The molecule has 2 aliphatic rings. The molecule has 2 heteroatoms. The molecule has 1 nitrogen and oxygen atoms in total. The first-order valence-corrected chi connectivity index (χ1v) is 5.65. The number of nitrogens with zero attached hydrogens (tertiary/aromatic N) is 1. The van der Waals surface area contributed by atoms with Crippen LogP contribution in [0.2, 0.25) is 4.71 Å². The molecule has 10 heavy (non-hydrogen) atoms. The fourth-order valence-electron chi connectivity index (χ4n) is 2.45. The Morgan fingerprint density at radius 2 is 1.70 bits per heavy atom.